The molecule has 8 nitrogen and oxygen atoms in total. The Hall–Kier alpha value is -3.00. The molecule has 0 saturated carbocycles. The third-order valence-corrected chi connectivity index (χ3v) is 2.80. The van der Waals surface area contributed by atoms with E-state index in [4.69, 9.17) is 5.84 Å². The zero-order valence-corrected chi connectivity index (χ0v) is 10.9. The van der Waals surface area contributed by atoms with Crippen molar-refractivity contribution in [3.05, 3.63) is 64.0 Å². The number of pyridine rings is 1. The molecule has 108 valence electrons. The van der Waals surface area contributed by atoms with E-state index in [-0.39, 0.29) is 23.5 Å². The molecule has 2 rings (SSSR count). The first-order valence-corrected chi connectivity index (χ1v) is 6.04. The smallest absolute Gasteiger partial charge is 0.294 e. The van der Waals surface area contributed by atoms with Crippen molar-refractivity contribution in [2.45, 2.75) is 6.54 Å². The largest absolute Gasteiger partial charge is 0.348 e. The Labute approximate surface area is 120 Å². The van der Waals surface area contributed by atoms with Gasteiger partial charge in [-0.2, -0.15) is 0 Å². The molecule has 1 aromatic heterocycles. The number of nitrogens with two attached hydrogens (primary N) is 1. The number of nitrogens with one attached hydrogen (secondary N) is 2. The lowest BCUT2D eigenvalue weighted by Crippen LogP contribution is -2.25. The highest BCUT2D eigenvalue weighted by Gasteiger charge is 2.20. The summed E-state index contributed by atoms with van der Waals surface area (Å²) in [5.41, 5.74) is 2.85. The molecule has 0 bridgehead atoms. The molecule has 21 heavy (non-hydrogen) atoms. The summed E-state index contributed by atoms with van der Waals surface area (Å²) in [7, 11) is 0. The number of nitrogens with zero attached hydrogens (tertiary/aromatic N) is 2. The Morgan fingerprint density at radius 1 is 1.33 bits per heavy atom. The van der Waals surface area contributed by atoms with E-state index in [1.807, 2.05) is 6.07 Å². The number of hydrogen-bond donors (Lipinski definition) is 3. The van der Waals surface area contributed by atoms with Gasteiger partial charge in [0.2, 0.25) is 0 Å². The maximum absolute atomic E-state index is 12.1. The fourth-order valence-corrected chi connectivity index (χ4v) is 1.81. The number of amides is 1. The van der Waals surface area contributed by atoms with Crippen LogP contribution >= 0.6 is 0 Å². The van der Waals surface area contributed by atoms with E-state index >= 15 is 0 Å². The Morgan fingerprint density at radius 2 is 2.14 bits per heavy atom. The Morgan fingerprint density at radius 3 is 2.76 bits per heavy atom. The highest BCUT2D eigenvalue weighted by atomic mass is 16.6. The summed E-state index contributed by atoms with van der Waals surface area (Å²) in [6, 6.07) is 7.72. The molecule has 2 aromatic rings. The molecule has 0 spiro atoms. The van der Waals surface area contributed by atoms with Crippen LogP contribution in [0.3, 0.4) is 0 Å². The van der Waals surface area contributed by atoms with Gasteiger partial charge in [0.15, 0.2) is 0 Å². The third-order valence-electron chi connectivity index (χ3n) is 2.80. The molecule has 0 aliphatic carbocycles. The lowest BCUT2D eigenvalue weighted by atomic mass is 10.1. The van der Waals surface area contributed by atoms with Crippen LogP contribution in [0.15, 0.2) is 42.7 Å². The van der Waals surface area contributed by atoms with Crippen LogP contribution in [0.2, 0.25) is 0 Å². The van der Waals surface area contributed by atoms with Crippen LogP contribution < -0.4 is 16.6 Å². The molecule has 0 fully saturated rings. The van der Waals surface area contributed by atoms with Gasteiger partial charge in [-0.1, -0.05) is 12.1 Å². The number of nitrogen functional groups attached to an aromatic ring is 1. The van der Waals surface area contributed by atoms with E-state index in [1.165, 1.54) is 18.2 Å². The van der Waals surface area contributed by atoms with E-state index in [1.54, 1.807) is 18.5 Å². The predicted octanol–water partition coefficient (Wildman–Crippen LogP) is 1.21. The van der Waals surface area contributed by atoms with E-state index in [9.17, 15) is 14.9 Å². The summed E-state index contributed by atoms with van der Waals surface area (Å²) in [4.78, 5) is 26.4. The van der Waals surface area contributed by atoms with Gasteiger partial charge in [-0.3, -0.25) is 25.7 Å². The first kappa shape index (κ1) is 14.4. The second-order valence-electron chi connectivity index (χ2n) is 4.15. The number of rotatable bonds is 5. The van der Waals surface area contributed by atoms with Gasteiger partial charge < -0.3 is 10.7 Å². The molecule has 0 aliphatic heterocycles. The van der Waals surface area contributed by atoms with Gasteiger partial charge in [0.1, 0.15) is 5.69 Å². The molecule has 8 heteroatoms. The molecule has 1 aromatic carbocycles. The van der Waals surface area contributed by atoms with Crippen LogP contribution in [0.1, 0.15) is 15.9 Å². The predicted molar refractivity (Wildman–Crippen MR) is 76.3 cm³/mol. The SMILES string of the molecule is NNc1c(C(=O)NCc2cccnc2)cccc1[N+](=O)[O-]. The highest BCUT2D eigenvalue weighted by molar-refractivity contribution is 6.01. The van der Waals surface area contributed by atoms with Crippen molar-refractivity contribution in [3.8, 4) is 0 Å². The number of nitro benzene ring substituents is 1. The minimum absolute atomic E-state index is 0.0220. The van der Waals surface area contributed by atoms with Gasteiger partial charge in [0.05, 0.1) is 10.5 Å². The highest BCUT2D eigenvalue weighted by Crippen LogP contribution is 2.27. The van der Waals surface area contributed by atoms with Gasteiger partial charge in [0.25, 0.3) is 11.6 Å². The number of anilines is 1. The fourth-order valence-electron chi connectivity index (χ4n) is 1.81. The van der Waals surface area contributed by atoms with Crippen molar-refractivity contribution in [2.24, 2.45) is 5.84 Å². The van der Waals surface area contributed by atoms with Crippen LogP contribution in [0, 0.1) is 10.1 Å². The van der Waals surface area contributed by atoms with E-state index in [2.05, 4.69) is 15.7 Å². The minimum Gasteiger partial charge on any atom is -0.348 e. The topological polar surface area (TPSA) is 123 Å². The van der Waals surface area contributed by atoms with Crippen molar-refractivity contribution in [1.29, 1.82) is 0 Å². The lowest BCUT2D eigenvalue weighted by Gasteiger charge is -2.09. The maximum atomic E-state index is 12.1. The third kappa shape index (κ3) is 3.31. The molecule has 0 aliphatic rings. The number of para-hydroxylation sites is 1. The molecule has 4 N–H and O–H groups in total. The summed E-state index contributed by atoms with van der Waals surface area (Å²) in [5, 5.41) is 13.6. The van der Waals surface area contributed by atoms with Crippen LogP contribution in [-0.4, -0.2) is 15.8 Å². The Bertz CT molecular complexity index is 660. The molecule has 0 saturated heterocycles. The Balaban J connectivity index is 2.19. The van der Waals surface area contributed by atoms with Crippen molar-refractivity contribution in [1.82, 2.24) is 10.3 Å². The van der Waals surface area contributed by atoms with E-state index < -0.39 is 10.8 Å². The lowest BCUT2D eigenvalue weighted by molar-refractivity contribution is -0.384. The summed E-state index contributed by atoms with van der Waals surface area (Å²) in [5.74, 6) is 4.83. The van der Waals surface area contributed by atoms with Crippen LogP contribution in [-0.2, 0) is 6.54 Å². The number of hydrogen-bond acceptors (Lipinski definition) is 6. The molecule has 1 amide bonds. The van der Waals surface area contributed by atoms with Gasteiger partial charge in [0, 0.05) is 25.0 Å². The maximum Gasteiger partial charge on any atom is 0.294 e. The second kappa shape index (κ2) is 6.44. The fraction of sp³-hybridized carbons (Fsp3) is 0.0769. The quantitative estimate of drug-likeness (QED) is 0.431. The summed E-state index contributed by atoms with van der Waals surface area (Å²) < 4.78 is 0. The summed E-state index contributed by atoms with van der Waals surface area (Å²) in [6.45, 7) is 0.263. The summed E-state index contributed by atoms with van der Waals surface area (Å²) in [6.07, 6.45) is 3.25. The normalized spacial score (nSPS) is 9.95. The second-order valence-corrected chi connectivity index (χ2v) is 4.15. The number of aromatic nitrogens is 1. The standard InChI is InChI=1S/C13H13N5O3/c14-17-12-10(4-1-5-11(12)18(20)21)13(19)16-8-9-3-2-6-15-7-9/h1-7,17H,8,14H2,(H,16,19). The number of carbonyl (C=O) groups excluding carboxylic acids is 1. The van der Waals surface area contributed by atoms with Crippen molar-refractivity contribution < 1.29 is 9.72 Å². The van der Waals surface area contributed by atoms with E-state index in [0.29, 0.717) is 0 Å². The molecule has 0 unspecified atom stereocenters. The zero-order valence-electron chi connectivity index (χ0n) is 10.9. The minimum atomic E-state index is -0.604. The molecule has 0 radical (unpaired) electrons. The van der Waals surface area contributed by atoms with Crippen molar-refractivity contribution >= 4 is 17.3 Å². The average molecular weight is 287 g/mol. The van der Waals surface area contributed by atoms with Gasteiger partial charge in [-0.25, -0.2) is 0 Å². The van der Waals surface area contributed by atoms with Gasteiger partial charge in [-0.05, 0) is 17.7 Å². The molecular formula is C13H13N5O3. The van der Waals surface area contributed by atoms with Gasteiger partial charge in [-0.15, -0.1) is 0 Å². The van der Waals surface area contributed by atoms with E-state index in [0.717, 1.165) is 5.56 Å². The monoisotopic (exact) mass is 287 g/mol. The first-order chi connectivity index (χ1) is 10.1. The molecule has 1 heterocycles. The van der Waals surface area contributed by atoms with Crippen molar-refractivity contribution in [2.75, 3.05) is 5.43 Å². The number of hydrazine groups is 1. The van der Waals surface area contributed by atoms with Crippen molar-refractivity contribution in [3.63, 3.8) is 0 Å². The van der Waals surface area contributed by atoms with Crippen LogP contribution in [0.4, 0.5) is 11.4 Å². The van der Waals surface area contributed by atoms with Crippen LogP contribution in [0.25, 0.3) is 0 Å². The Kier molecular flexibility index (Phi) is 4.42. The number of benzene rings is 1. The molecule has 0 atom stereocenters. The molecular weight excluding hydrogens is 274 g/mol. The van der Waals surface area contributed by atoms with Crippen LogP contribution in [0.5, 0.6) is 0 Å². The summed E-state index contributed by atoms with van der Waals surface area (Å²) >= 11 is 0. The zero-order chi connectivity index (χ0) is 15.2. The van der Waals surface area contributed by atoms with Gasteiger partial charge >= 0.3 is 0 Å². The number of nitro groups is 1. The average Bonchev–Trinajstić information content (AvgIpc) is 2.52. The number of carbonyl (C=O) groups is 1. The first-order valence-electron chi connectivity index (χ1n) is 6.04.